The molecule has 0 fully saturated rings. The van der Waals surface area contributed by atoms with Crippen LogP contribution in [0.4, 0.5) is 11.4 Å². The van der Waals surface area contributed by atoms with Crippen molar-refractivity contribution in [3.8, 4) is 0 Å². The molecular formula is C20H34N2O. The van der Waals surface area contributed by atoms with E-state index in [4.69, 9.17) is 0 Å². The number of hydrogen-bond donors (Lipinski definition) is 2. The van der Waals surface area contributed by atoms with Crippen molar-refractivity contribution < 1.29 is 4.79 Å². The Morgan fingerprint density at radius 2 is 1.17 bits per heavy atom. The van der Waals surface area contributed by atoms with Gasteiger partial charge in [0, 0.05) is 34.4 Å². The van der Waals surface area contributed by atoms with Gasteiger partial charge in [-0.2, -0.15) is 0 Å². The van der Waals surface area contributed by atoms with Crippen LogP contribution in [-0.2, 0) is 0 Å². The van der Waals surface area contributed by atoms with Crippen molar-refractivity contribution in [2.24, 2.45) is 5.41 Å². The molecular weight excluding hydrogens is 284 g/mol. The first kappa shape index (κ1) is 19.5. The third-order valence-electron chi connectivity index (χ3n) is 2.98. The van der Waals surface area contributed by atoms with Gasteiger partial charge in [0.05, 0.1) is 0 Å². The van der Waals surface area contributed by atoms with Gasteiger partial charge in [-0.25, -0.2) is 0 Å². The van der Waals surface area contributed by atoms with Crippen LogP contribution in [-0.4, -0.2) is 16.9 Å². The van der Waals surface area contributed by atoms with E-state index in [0.29, 0.717) is 6.42 Å². The first-order chi connectivity index (χ1) is 10.1. The molecule has 23 heavy (non-hydrogen) atoms. The minimum absolute atomic E-state index is 0.0117. The molecule has 1 aromatic carbocycles. The van der Waals surface area contributed by atoms with E-state index in [0.717, 1.165) is 16.9 Å². The van der Waals surface area contributed by atoms with Gasteiger partial charge in [0.2, 0.25) is 0 Å². The number of hydrogen-bond acceptors (Lipinski definition) is 3. The Kier molecular flexibility index (Phi) is 5.56. The standard InChI is InChI=1S/C20H34N2O/c1-18(2,3)13-17(23)14-10-15(21-19(4,5)6)12-16(11-14)22-20(7,8)9/h10-12,21-22H,13H2,1-9H3. The van der Waals surface area contributed by atoms with Gasteiger partial charge in [0.15, 0.2) is 5.78 Å². The van der Waals surface area contributed by atoms with Gasteiger partial charge in [-0.15, -0.1) is 0 Å². The zero-order valence-electron chi connectivity index (χ0n) is 16.3. The second-order valence-corrected chi connectivity index (χ2v) is 9.71. The molecule has 0 aliphatic heterocycles. The van der Waals surface area contributed by atoms with Crippen molar-refractivity contribution >= 4 is 17.2 Å². The van der Waals surface area contributed by atoms with E-state index < -0.39 is 0 Å². The number of anilines is 2. The molecule has 3 nitrogen and oxygen atoms in total. The summed E-state index contributed by atoms with van der Waals surface area (Å²) < 4.78 is 0. The summed E-state index contributed by atoms with van der Waals surface area (Å²) in [5, 5.41) is 6.95. The van der Waals surface area contributed by atoms with E-state index in [1.807, 2.05) is 12.1 Å². The highest BCUT2D eigenvalue weighted by Crippen LogP contribution is 2.28. The van der Waals surface area contributed by atoms with Crippen molar-refractivity contribution in [1.29, 1.82) is 0 Å². The summed E-state index contributed by atoms with van der Waals surface area (Å²) in [6, 6.07) is 6.00. The number of ketones is 1. The minimum Gasteiger partial charge on any atom is -0.380 e. The van der Waals surface area contributed by atoms with E-state index in [1.54, 1.807) is 0 Å². The molecule has 0 bridgehead atoms. The molecule has 3 heteroatoms. The van der Waals surface area contributed by atoms with Gasteiger partial charge in [-0.05, 0) is 65.2 Å². The van der Waals surface area contributed by atoms with Gasteiger partial charge in [-0.3, -0.25) is 4.79 Å². The predicted octanol–water partition coefficient (Wildman–Crippen LogP) is 5.73. The number of nitrogens with one attached hydrogen (secondary N) is 2. The fourth-order valence-corrected chi connectivity index (χ4v) is 2.38. The summed E-state index contributed by atoms with van der Waals surface area (Å²) in [5.74, 6) is 0.187. The average Bonchev–Trinajstić information content (AvgIpc) is 2.20. The summed E-state index contributed by atoms with van der Waals surface area (Å²) in [7, 11) is 0. The Morgan fingerprint density at radius 3 is 1.48 bits per heavy atom. The Balaban J connectivity index is 3.20. The van der Waals surface area contributed by atoms with Crippen molar-refractivity contribution in [3.63, 3.8) is 0 Å². The first-order valence-electron chi connectivity index (χ1n) is 8.39. The van der Waals surface area contributed by atoms with E-state index in [1.165, 1.54) is 0 Å². The highest BCUT2D eigenvalue weighted by molar-refractivity contribution is 5.98. The highest BCUT2D eigenvalue weighted by atomic mass is 16.1. The van der Waals surface area contributed by atoms with Crippen LogP contribution in [0.15, 0.2) is 18.2 Å². The van der Waals surface area contributed by atoms with Crippen molar-refractivity contribution in [2.75, 3.05) is 10.6 Å². The molecule has 0 saturated heterocycles. The maximum absolute atomic E-state index is 12.6. The van der Waals surface area contributed by atoms with E-state index in [-0.39, 0.29) is 22.3 Å². The summed E-state index contributed by atoms with van der Waals surface area (Å²) in [6.07, 6.45) is 0.543. The molecule has 0 aliphatic carbocycles. The zero-order chi connectivity index (χ0) is 18.1. The van der Waals surface area contributed by atoms with E-state index in [9.17, 15) is 4.79 Å². The molecule has 0 saturated carbocycles. The minimum atomic E-state index is -0.0509. The topological polar surface area (TPSA) is 41.1 Å². The molecule has 0 aromatic heterocycles. The molecule has 0 amide bonds. The lowest BCUT2D eigenvalue weighted by molar-refractivity contribution is 0.0940. The fraction of sp³-hybridized carbons (Fsp3) is 0.650. The maximum Gasteiger partial charge on any atom is 0.163 e. The largest absolute Gasteiger partial charge is 0.380 e. The first-order valence-corrected chi connectivity index (χ1v) is 8.39. The lowest BCUT2D eigenvalue weighted by atomic mass is 9.87. The second kappa shape index (κ2) is 6.54. The Hall–Kier alpha value is -1.51. The zero-order valence-corrected chi connectivity index (χ0v) is 16.3. The van der Waals surface area contributed by atoms with Crippen LogP contribution in [0.25, 0.3) is 0 Å². The Bertz CT molecular complexity index is 520. The number of carbonyl (C=O) groups is 1. The van der Waals surface area contributed by atoms with Crippen molar-refractivity contribution in [1.82, 2.24) is 0 Å². The molecule has 1 aromatic rings. The predicted molar refractivity (Wildman–Crippen MR) is 102 cm³/mol. The van der Waals surface area contributed by atoms with E-state index in [2.05, 4.69) is 79.0 Å². The van der Waals surface area contributed by atoms with Gasteiger partial charge >= 0.3 is 0 Å². The fourth-order valence-electron chi connectivity index (χ4n) is 2.38. The summed E-state index contributed by atoms with van der Waals surface area (Å²) >= 11 is 0. The van der Waals surface area contributed by atoms with Crippen LogP contribution < -0.4 is 10.6 Å². The molecule has 0 unspecified atom stereocenters. The van der Waals surface area contributed by atoms with Crippen LogP contribution >= 0.6 is 0 Å². The SMILES string of the molecule is CC(C)(C)CC(=O)c1cc(NC(C)(C)C)cc(NC(C)(C)C)c1. The molecule has 2 N–H and O–H groups in total. The van der Waals surface area contributed by atoms with Gasteiger partial charge in [0.1, 0.15) is 0 Å². The number of rotatable bonds is 4. The lowest BCUT2D eigenvalue weighted by Gasteiger charge is -2.26. The number of benzene rings is 1. The Morgan fingerprint density at radius 1 is 0.783 bits per heavy atom. The molecule has 0 radical (unpaired) electrons. The summed E-state index contributed by atoms with van der Waals surface area (Å²) in [6.45, 7) is 19.0. The molecule has 130 valence electrons. The maximum atomic E-state index is 12.6. The normalized spacial score (nSPS) is 12.9. The number of Topliss-reactive ketones (excluding diaryl/α,β-unsaturated/α-hetero) is 1. The van der Waals surface area contributed by atoms with E-state index >= 15 is 0 Å². The third-order valence-corrected chi connectivity index (χ3v) is 2.98. The number of carbonyl (C=O) groups excluding carboxylic acids is 1. The molecule has 0 atom stereocenters. The summed E-state index contributed by atoms with van der Waals surface area (Å²) in [5.41, 5.74) is 2.60. The molecule has 0 aliphatic rings. The summed E-state index contributed by atoms with van der Waals surface area (Å²) in [4.78, 5) is 12.6. The van der Waals surface area contributed by atoms with Crippen LogP contribution in [0.1, 0.15) is 79.1 Å². The van der Waals surface area contributed by atoms with Crippen molar-refractivity contribution in [3.05, 3.63) is 23.8 Å². The highest BCUT2D eigenvalue weighted by Gasteiger charge is 2.20. The third kappa shape index (κ3) is 8.06. The monoisotopic (exact) mass is 318 g/mol. The molecule has 0 heterocycles. The molecule has 1 rings (SSSR count). The van der Waals surface area contributed by atoms with Crippen LogP contribution in [0.5, 0.6) is 0 Å². The van der Waals surface area contributed by atoms with Gasteiger partial charge in [0.25, 0.3) is 0 Å². The van der Waals surface area contributed by atoms with Gasteiger partial charge < -0.3 is 10.6 Å². The van der Waals surface area contributed by atoms with Crippen LogP contribution in [0, 0.1) is 5.41 Å². The van der Waals surface area contributed by atoms with Crippen LogP contribution in [0.2, 0.25) is 0 Å². The lowest BCUT2D eigenvalue weighted by Crippen LogP contribution is -2.28. The van der Waals surface area contributed by atoms with Gasteiger partial charge in [-0.1, -0.05) is 20.8 Å². The van der Waals surface area contributed by atoms with Crippen LogP contribution in [0.3, 0.4) is 0 Å². The second-order valence-electron chi connectivity index (χ2n) is 9.71. The molecule has 0 spiro atoms. The average molecular weight is 319 g/mol. The van der Waals surface area contributed by atoms with Crippen molar-refractivity contribution in [2.45, 2.75) is 79.8 Å². The Labute approximate surface area is 142 Å². The smallest absolute Gasteiger partial charge is 0.163 e. The quantitative estimate of drug-likeness (QED) is 0.697.